The number of methoxy groups -OCH3 is 1. The van der Waals surface area contributed by atoms with Gasteiger partial charge in [-0.25, -0.2) is 14.2 Å². The molecule has 8 rings (SSSR count). The molecule has 43 heavy (non-hydrogen) atoms. The van der Waals surface area contributed by atoms with Crippen LogP contribution in [-0.2, 0) is 28.4 Å². The molecule has 4 atom stereocenters. The minimum absolute atomic E-state index is 0.0495. The molecule has 0 bridgehead atoms. The van der Waals surface area contributed by atoms with Gasteiger partial charge in [-0.05, 0) is 54.5 Å². The van der Waals surface area contributed by atoms with Crippen molar-refractivity contribution in [2.24, 2.45) is 11.8 Å². The predicted molar refractivity (Wildman–Crippen MR) is 155 cm³/mol. The maximum absolute atomic E-state index is 15.1. The van der Waals surface area contributed by atoms with Gasteiger partial charge < -0.3 is 23.5 Å². The monoisotopic (exact) mass is 604 g/mol. The Bertz CT molecular complexity index is 1750. The zero-order chi connectivity index (χ0) is 29.5. The lowest BCUT2D eigenvalue weighted by atomic mass is 10.0. The number of esters is 1. The van der Waals surface area contributed by atoms with E-state index in [1.807, 2.05) is 29.7 Å². The second kappa shape index (κ2) is 9.90. The summed E-state index contributed by atoms with van der Waals surface area (Å²) in [5, 5.41) is 0.557. The summed E-state index contributed by atoms with van der Waals surface area (Å²) in [6.45, 7) is 5.54. The van der Waals surface area contributed by atoms with Crippen LogP contribution in [0.15, 0.2) is 48.7 Å². The van der Waals surface area contributed by atoms with Crippen molar-refractivity contribution in [3.05, 3.63) is 82.1 Å². The highest BCUT2D eigenvalue weighted by atomic mass is 35.5. The molecule has 2 aromatic heterocycles. The summed E-state index contributed by atoms with van der Waals surface area (Å²) < 4.78 is 40.4. The molecule has 9 nitrogen and oxygen atoms in total. The number of rotatable bonds is 7. The largest absolute Gasteiger partial charge is 0.465 e. The maximum Gasteiger partial charge on any atom is 0.338 e. The number of hydrogen-bond acceptors (Lipinski definition) is 8. The average molecular weight is 605 g/mol. The Labute approximate surface area is 252 Å². The van der Waals surface area contributed by atoms with Crippen LogP contribution >= 0.6 is 11.6 Å². The van der Waals surface area contributed by atoms with Gasteiger partial charge in [-0.2, -0.15) is 0 Å². The molecule has 2 aromatic carbocycles. The van der Waals surface area contributed by atoms with E-state index in [9.17, 15) is 4.79 Å². The van der Waals surface area contributed by atoms with E-state index in [4.69, 9.17) is 35.5 Å². The standard InChI is InChI=1S/C32H30ClFN4O5/c1-32(26-7-6-18(33)12-35-26)42-25-5-3-4-20(30(25)43-32)28-21-14-37(15-22(21)28)16-27-36-29-23(34)10-17(31(39)40-2)11-24(29)38(27)13-19-8-9-41-19/h3-7,10-12,19,21-22,28H,8-9,13-16H2,1-2H3/t19-,21?,22?,28?,32?/m0/s1. The topological polar surface area (TPSA) is 87.9 Å². The third kappa shape index (κ3) is 4.46. The van der Waals surface area contributed by atoms with Crippen LogP contribution in [0.3, 0.4) is 0 Å². The predicted octanol–water partition coefficient (Wildman–Crippen LogP) is 5.29. The first-order valence-corrected chi connectivity index (χ1v) is 14.9. The number of piperidine rings is 1. The Morgan fingerprint density at radius 2 is 2.00 bits per heavy atom. The minimum Gasteiger partial charge on any atom is -0.465 e. The quantitative estimate of drug-likeness (QED) is 0.263. The van der Waals surface area contributed by atoms with E-state index in [2.05, 4.69) is 16.0 Å². The van der Waals surface area contributed by atoms with E-state index in [-0.39, 0.29) is 17.2 Å². The van der Waals surface area contributed by atoms with Gasteiger partial charge in [-0.1, -0.05) is 23.7 Å². The van der Waals surface area contributed by atoms with E-state index in [0.29, 0.717) is 47.1 Å². The lowest BCUT2D eigenvalue weighted by Gasteiger charge is -2.28. The zero-order valence-corrected chi connectivity index (χ0v) is 24.5. The highest BCUT2D eigenvalue weighted by Gasteiger charge is 2.58. The summed E-state index contributed by atoms with van der Waals surface area (Å²) in [6, 6.07) is 12.6. The second-order valence-corrected chi connectivity index (χ2v) is 12.4. The molecule has 1 saturated carbocycles. The number of pyridine rings is 1. The number of carbonyl (C=O) groups excluding carboxylic acids is 1. The van der Waals surface area contributed by atoms with Crippen LogP contribution in [0, 0.1) is 17.7 Å². The normalized spacial score (nSPS) is 27.3. The molecular weight excluding hydrogens is 575 g/mol. The summed E-state index contributed by atoms with van der Waals surface area (Å²) in [5.74, 6) is 1.48. The zero-order valence-electron chi connectivity index (χ0n) is 23.8. The molecule has 0 N–H and O–H groups in total. The average Bonchev–Trinajstić information content (AvgIpc) is 3.26. The Morgan fingerprint density at radius 3 is 2.70 bits per heavy atom. The first-order valence-electron chi connectivity index (χ1n) is 14.5. The molecule has 11 heteroatoms. The summed E-state index contributed by atoms with van der Waals surface area (Å²) in [7, 11) is 1.29. The number of nitrogens with zero attached hydrogens (tertiary/aromatic N) is 4. The van der Waals surface area contributed by atoms with Crippen LogP contribution in [0.1, 0.15) is 46.7 Å². The van der Waals surface area contributed by atoms with Crippen LogP contribution < -0.4 is 9.47 Å². The van der Waals surface area contributed by atoms with Crippen molar-refractivity contribution in [2.75, 3.05) is 26.8 Å². The number of carbonyl (C=O) groups is 1. The number of imidazole rings is 1. The molecular formula is C32H30ClFN4O5. The lowest BCUT2D eigenvalue weighted by molar-refractivity contribution is -0.0721. The van der Waals surface area contributed by atoms with Gasteiger partial charge in [0.1, 0.15) is 17.0 Å². The van der Waals surface area contributed by atoms with Gasteiger partial charge in [0.05, 0.1) is 42.4 Å². The molecule has 3 unspecified atom stereocenters. The first kappa shape index (κ1) is 26.9. The number of aromatic nitrogens is 3. The molecule has 4 aliphatic rings. The summed E-state index contributed by atoms with van der Waals surface area (Å²) in [5.41, 5.74) is 2.84. The van der Waals surface area contributed by atoms with Gasteiger partial charge in [-0.3, -0.25) is 9.88 Å². The highest BCUT2D eigenvalue weighted by molar-refractivity contribution is 6.30. The molecule has 0 amide bonds. The van der Waals surface area contributed by atoms with Crippen molar-refractivity contribution in [2.45, 2.75) is 44.2 Å². The van der Waals surface area contributed by atoms with Gasteiger partial charge in [0, 0.05) is 38.4 Å². The third-order valence-corrected chi connectivity index (χ3v) is 9.51. The van der Waals surface area contributed by atoms with E-state index < -0.39 is 17.6 Å². The first-order chi connectivity index (χ1) is 20.8. The number of hydrogen-bond donors (Lipinski definition) is 0. The van der Waals surface area contributed by atoms with Crippen molar-refractivity contribution < 1.29 is 28.1 Å². The molecule has 1 aliphatic carbocycles. The van der Waals surface area contributed by atoms with E-state index >= 15 is 4.39 Å². The van der Waals surface area contributed by atoms with Crippen molar-refractivity contribution in [1.82, 2.24) is 19.4 Å². The van der Waals surface area contributed by atoms with Crippen LogP contribution in [0.5, 0.6) is 11.5 Å². The fraction of sp³-hybridized carbons (Fsp3) is 0.406. The Morgan fingerprint density at radius 1 is 1.19 bits per heavy atom. The lowest BCUT2D eigenvalue weighted by Crippen LogP contribution is -2.33. The molecule has 0 spiro atoms. The van der Waals surface area contributed by atoms with Crippen molar-refractivity contribution in [1.29, 1.82) is 0 Å². The van der Waals surface area contributed by atoms with Gasteiger partial charge >= 0.3 is 5.97 Å². The van der Waals surface area contributed by atoms with Gasteiger partial charge in [-0.15, -0.1) is 0 Å². The van der Waals surface area contributed by atoms with Crippen molar-refractivity contribution >= 4 is 28.6 Å². The second-order valence-electron chi connectivity index (χ2n) is 12.0. The number of likely N-dealkylation sites (tertiary alicyclic amines) is 1. The van der Waals surface area contributed by atoms with E-state index in [1.54, 1.807) is 18.3 Å². The summed E-state index contributed by atoms with van der Waals surface area (Å²) in [6.07, 6.45) is 2.58. The summed E-state index contributed by atoms with van der Waals surface area (Å²) in [4.78, 5) is 23.7. The molecule has 3 fully saturated rings. The van der Waals surface area contributed by atoms with Crippen LogP contribution in [0.2, 0.25) is 5.02 Å². The Balaban J connectivity index is 1.01. The number of benzene rings is 2. The van der Waals surface area contributed by atoms with Crippen LogP contribution in [-0.4, -0.2) is 58.3 Å². The van der Waals surface area contributed by atoms with Crippen LogP contribution in [0.25, 0.3) is 11.0 Å². The molecule has 0 radical (unpaired) electrons. The SMILES string of the molecule is COC(=O)c1cc(F)c2nc(CN3CC4C(C3)C4c3cccc4c3OC(C)(c3ccc(Cl)cn3)O4)n(C[C@@H]3CCO3)c2c1. The fourth-order valence-corrected chi connectivity index (χ4v) is 7.10. The van der Waals surface area contributed by atoms with Gasteiger partial charge in [0.15, 0.2) is 17.3 Å². The Hall–Kier alpha value is -3.73. The smallest absolute Gasteiger partial charge is 0.338 e. The summed E-state index contributed by atoms with van der Waals surface area (Å²) >= 11 is 6.04. The number of para-hydroxylation sites is 1. The molecule has 5 heterocycles. The van der Waals surface area contributed by atoms with Crippen molar-refractivity contribution in [3.8, 4) is 11.5 Å². The van der Waals surface area contributed by atoms with Crippen molar-refractivity contribution in [3.63, 3.8) is 0 Å². The fourth-order valence-electron chi connectivity index (χ4n) is 6.99. The molecule has 2 saturated heterocycles. The molecule has 3 aliphatic heterocycles. The van der Waals surface area contributed by atoms with E-state index in [1.165, 1.54) is 13.2 Å². The number of ether oxygens (including phenoxy) is 4. The molecule has 222 valence electrons. The van der Waals surface area contributed by atoms with E-state index in [0.717, 1.165) is 49.0 Å². The Kier molecular flexibility index (Phi) is 6.19. The third-order valence-electron chi connectivity index (χ3n) is 9.28. The number of fused-ring (bicyclic) bond motifs is 3. The van der Waals surface area contributed by atoms with Gasteiger partial charge in [0.25, 0.3) is 5.79 Å². The number of halogens is 2. The molecule has 4 aromatic rings. The van der Waals surface area contributed by atoms with Crippen LogP contribution in [0.4, 0.5) is 4.39 Å². The maximum atomic E-state index is 15.1. The van der Waals surface area contributed by atoms with Gasteiger partial charge in [0.2, 0.25) is 0 Å². The minimum atomic E-state index is -1.02. The highest BCUT2D eigenvalue weighted by Crippen LogP contribution is 2.62.